The van der Waals surface area contributed by atoms with Crippen molar-refractivity contribution < 1.29 is 14.8 Å². The lowest BCUT2D eigenvalue weighted by Gasteiger charge is -2.18. The number of ketones is 1. The van der Waals surface area contributed by atoms with Crippen LogP contribution in [-0.2, 0) is 0 Å². The number of carbonyl (C=O) groups is 1. The van der Waals surface area contributed by atoms with Crippen LogP contribution in [0.25, 0.3) is 0 Å². The van der Waals surface area contributed by atoms with E-state index in [1.165, 1.54) is 24.3 Å². The van der Waals surface area contributed by atoms with Crippen molar-refractivity contribution in [1.29, 1.82) is 0 Å². The largest absolute Gasteiger partial charge is 0.388 e. The minimum atomic E-state index is -1.00. The van der Waals surface area contributed by atoms with Crippen molar-refractivity contribution in [2.24, 2.45) is 5.92 Å². The monoisotopic (exact) mass is 285 g/mol. The van der Waals surface area contributed by atoms with E-state index in [-0.39, 0.29) is 11.5 Å². The van der Waals surface area contributed by atoms with E-state index in [1.807, 2.05) is 6.07 Å². The molecule has 2 atom stereocenters. The molecule has 0 aliphatic heterocycles. The Balaban J connectivity index is 2.17. The fourth-order valence-electron chi connectivity index (χ4n) is 2.09. The first kappa shape index (κ1) is 14.9. The molecular formula is C16H15NO4. The van der Waals surface area contributed by atoms with Crippen molar-refractivity contribution in [3.8, 4) is 0 Å². The number of hydrogen-bond donors (Lipinski definition) is 1. The van der Waals surface area contributed by atoms with Gasteiger partial charge in [0.25, 0.3) is 5.69 Å². The Hall–Kier alpha value is -2.53. The number of aliphatic hydroxyl groups excluding tert-OH is 1. The lowest BCUT2D eigenvalue weighted by Crippen LogP contribution is -2.19. The lowest BCUT2D eigenvalue weighted by molar-refractivity contribution is -0.384. The van der Waals surface area contributed by atoms with E-state index < -0.39 is 16.9 Å². The van der Waals surface area contributed by atoms with Crippen LogP contribution in [-0.4, -0.2) is 15.8 Å². The Bertz CT molecular complexity index is 637. The van der Waals surface area contributed by atoms with E-state index in [0.717, 1.165) is 0 Å². The molecule has 1 N–H and O–H groups in total. The highest BCUT2D eigenvalue weighted by Gasteiger charge is 2.24. The molecule has 0 aromatic heterocycles. The van der Waals surface area contributed by atoms with Gasteiger partial charge in [0.1, 0.15) is 0 Å². The SMILES string of the molecule is C[C@@H](C(=O)c1ccccc1)[C@@H](O)c1ccc([N+](=O)[O-])cc1. The highest BCUT2D eigenvalue weighted by Crippen LogP contribution is 2.26. The summed E-state index contributed by atoms with van der Waals surface area (Å²) < 4.78 is 0. The Kier molecular flexibility index (Phi) is 4.45. The van der Waals surface area contributed by atoms with Gasteiger partial charge in [-0.05, 0) is 17.7 Å². The number of Topliss-reactive ketones (excluding diaryl/α,β-unsaturated/α-hetero) is 1. The number of carbonyl (C=O) groups excluding carboxylic acids is 1. The molecular weight excluding hydrogens is 270 g/mol. The summed E-state index contributed by atoms with van der Waals surface area (Å²) in [6, 6.07) is 14.3. The summed E-state index contributed by atoms with van der Waals surface area (Å²) in [7, 11) is 0. The third kappa shape index (κ3) is 3.32. The number of non-ortho nitro benzene ring substituents is 1. The molecule has 2 aromatic carbocycles. The quantitative estimate of drug-likeness (QED) is 0.520. The Morgan fingerprint density at radius 2 is 1.67 bits per heavy atom. The molecule has 21 heavy (non-hydrogen) atoms. The molecule has 0 aliphatic rings. The lowest BCUT2D eigenvalue weighted by atomic mass is 9.90. The van der Waals surface area contributed by atoms with Crippen LogP contribution in [0, 0.1) is 16.0 Å². The van der Waals surface area contributed by atoms with Crippen LogP contribution in [0.15, 0.2) is 54.6 Å². The number of nitrogens with zero attached hydrogens (tertiary/aromatic N) is 1. The number of rotatable bonds is 5. The van der Waals surface area contributed by atoms with Gasteiger partial charge in [-0.3, -0.25) is 14.9 Å². The third-order valence-corrected chi connectivity index (χ3v) is 3.39. The summed E-state index contributed by atoms with van der Waals surface area (Å²) >= 11 is 0. The second kappa shape index (κ2) is 6.28. The second-order valence-electron chi connectivity index (χ2n) is 4.81. The average molecular weight is 285 g/mol. The maximum absolute atomic E-state index is 12.3. The third-order valence-electron chi connectivity index (χ3n) is 3.39. The molecule has 0 bridgehead atoms. The molecule has 2 rings (SSSR count). The van der Waals surface area contributed by atoms with E-state index in [1.54, 1.807) is 31.2 Å². The van der Waals surface area contributed by atoms with Crippen LogP contribution in [0.3, 0.4) is 0 Å². The molecule has 0 radical (unpaired) electrons. The molecule has 0 spiro atoms. The predicted octanol–water partition coefficient (Wildman–Crippen LogP) is 3.15. The molecule has 108 valence electrons. The molecule has 0 amide bonds. The molecule has 2 aromatic rings. The van der Waals surface area contributed by atoms with Gasteiger partial charge in [0, 0.05) is 23.6 Å². The van der Waals surface area contributed by atoms with E-state index in [9.17, 15) is 20.0 Å². The molecule has 0 saturated carbocycles. The van der Waals surface area contributed by atoms with E-state index >= 15 is 0 Å². The summed E-state index contributed by atoms with van der Waals surface area (Å²) in [6.07, 6.45) is -1.00. The van der Waals surface area contributed by atoms with Crippen molar-refractivity contribution in [3.05, 3.63) is 75.8 Å². The van der Waals surface area contributed by atoms with Crippen molar-refractivity contribution >= 4 is 11.5 Å². The van der Waals surface area contributed by atoms with Gasteiger partial charge >= 0.3 is 0 Å². The van der Waals surface area contributed by atoms with Gasteiger partial charge in [0.05, 0.1) is 11.0 Å². The van der Waals surface area contributed by atoms with Gasteiger partial charge < -0.3 is 5.11 Å². The number of benzene rings is 2. The van der Waals surface area contributed by atoms with Gasteiger partial charge in [0.2, 0.25) is 0 Å². The number of aliphatic hydroxyl groups is 1. The molecule has 0 unspecified atom stereocenters. The number of nitro benzene ring substituents is 1. The maximum Gasteiger partial charge on any atom is 0.269 e. The van der Waals surface area contributed by atoms with E-state index in [4.69, 9.17) is 0 Å². The zero-order valence-corrected chi connectivity index (χ0v) is 11.5. The zero-order valence-electron chi connectivity index (χ0n) is 11.5. The topological polar surface area (TPSA) is 80.4 Å². The maximum atomic E-state index is 12.3. The standard InChI is InChI=1S/C16H15NO4/c1-11(15(18)12-5-3-2-4-6-12)16(19)13-7-9-14(10-8-13)17(20)21/h2-11,16,19H,1H3/t11-,16+/m0/s1. The fourth-order valence-corrected chi connectivity index (χ4v) is 2.09. The van der Waals surface area contributed by atoms with Crippen LogP contribution in [0.4, 0.5) is 5.69 Å². The van der Waals surface area contributed by atoms with Crippen molar-refractivity contribution in [3.63, 3.8) is 0 Å². The molecule has 0 heterocycles. The van der Waals surface area contributed by atoms with Gasteiger partial charge in [-0.1, -0.05) is 37.3 Å². The smallest absolute Gasteiger partial charge is 0.269 e. The first-order chi connectivity index (χ1) is 10.0. The summed E-state index contributed by atoms with van der Waals surface area (Å²) in [5.41, 5.74) is 0.969. The Morgan fingerprint density at radius 3 is 2.19 bits per heavy atom. The van der Waals surface area contributed by atoms with E-state index in [2.05, 4.69) is 0 Å². The molecule has 0 fully saturated rings. The summed E-state index contributed by atoms with van der Waals surface area (Å²) in [5.74, 6) is -0.796. The van der Waals surface area contributed by atoms with Gasteiger partial charge in [-0.15, -0.1) is 0 Å². The van der Waals surface area contributed by atoms with Crippen molar-refractivity contribution in [2.45, 2.75) is 13.0 Å². The van der Waals surface area contributed by atoms with Crippen LogP contribution < -0.4 is 0 Å². The van der Waals surface area contributed by atoms with Crippen LogP contribution in [0.5, 0.6) is 0 Å². The van der Waals surface area contributed by atoms with Crippen LogP contribution in [0.2, 0.25) is 0 Å². The Labute approximate surface area is 122 Å². The van der Waals surface area contributed by atoms with Crippen LogP contribution >= 0.6 is 0 Å². The van der Waals surface area contributed by atoms with Gasteiger partial charge in [-0.2, -0.15) is 0 Å². The molecule has 5 nitrogen and oxygen atoms in total. The second-order valence-corrected chi connectivity index (χ2v) is 4.81. The zero-order chi connectivity index (χ0) is 15.4. The fraction of sp³-hybridized carbons (Fsp3) is 0.188. The summed E-state index contributed by atoms with van der Waals surface area (Å²) in [4.78, 5) is 22.4. The van der Waals surface area contributed by atoms with Crippen LogP contribution in [0.1, 0.15) is 28.9 Å². The number of nitro groups is 1. The molecule has 0 saturated heterocycles. The van der Waals surface area contributed by atoms with Crippen molar-refractivity contribution in [1.82, 2.24) is 0 Å². The number of hydrogen-bond acceptors (Lipinski definition) is 4. The summed E-state index contributed by atoms with van der Waals surface area (Å²) in [5, 5.41) is 20.9. The van der Waals surface area contributed by atoms with Gasteiger partial charge in [0.15, 0.2) is 5.78 Å². The molecule has 0 aliphatic carbocycles. The molecule has 5 heteroatoms. The minimum Gasteiger partial charge on any atom is -0.388 e. The highest BCUT2D eigenvalue weighted by atomic mass is 16.6. The summed E-state index contributed by atoms with van der Waals surface area (Å²) in [6.45, 7) is 1.64. The first-order valence-electron chi connectivity index (χ1n) is 6.52. The highest BCUT2D eigenvalue weighted by molar-refractivity contribution is 5.98. The van der Waals surface area contributed by atoms with Gasteiger partial charge in [-0.25, -0.2) is 0 Å². The average Bonchev–Trinajstić information content (AvgIpc) is 2.53. The first-order valence-corrected chi connectivity index (χ1v) is 6.52. The Morgan fingerprint density at radius 1 is 1.10 bits per heavy atom. The normalized spacial score (nSPS) is 13.4. The van der Waals surface area contributed by atoms with E-state index in [0.29, 0.717) is 11.1 Å². The predicted molar refractivity (Wildman–Crippen MR) is 78.0 cm³/mol. The van der Waals surface area contributed by atoms with Crippen molar-refractivity contribution in [2.75, 3.05) is 0 Å². The minimum absolute atomic E-state index is 0.0482.